The average molecular weight is 387 g/mol. The Balaban J connectivity index is 1.45. The summed E-state index contributed by atoms with van der Waals surface area (Å²) in [5, 5.41) is 0. The number of carbonyl (C=O) groups is 1. The van der Waals surface area contributed by atoms with Crippen LogP contribution in [0.4, 0.5) is 4.39 Å². The van der Waals surface area contributed by atoms with Crippen LogP contribution in [-0.2, 0) is 16.0 Å². The summed E-state index contributed by atoms with van der Waals surface area (Å²) >= 11 is 0. The maximum absolute atomic E-state index is 13.1. The van der Waals surface area contributed by atoms with Crippen molar-refractivity contribution in [2.45, 2.75) is 6.42 Å². The van der Waals surface area contributed by atoms with Crippen molar-refractivity contribution < 1.29 is 18.7 Å². The van der Waals surface area contributed by atoms with Crippen LogP contribution in [0.1, 0.15) is 16.7 Å². The second-order valence-corrected chi connectivity index (χ2v) is 6.50. The molecule has 0 aromatic heterocycles. The molecular weight excluding hydrogens is 369 g/mol. The standard InChI is InChI=1S/C24H18FNO3/c25-20-11-9-19(10-12-20)23-26-22(24(27)29-23)16-18-7-4-8-21(15-18)28-14-13-17-5-2-1-3-6-17/h1-12,15-16H,13-14H2/b22-16-. The lowest BCUT2D eigenvalue weighted by Gasteiger charge is -2.07. The summed E-state index contributed by atoms with van der Waals surface area (Å²) in [7, 11) is 0. The third-order valence-electron chi connectivity index (χ3n) is 4.38. The summed E-state index contributed by atoms with van der Waals surface area (Å²) in [4.78, 5) is 16.4. The highest BCUT2D eigenvalue weighted by Gasteiger charge is 2.24. The molecule has 4 rings (SSSR count). The van der Waals surface area contributed by atoms with E-state index in [1.807, 2.05) is 42.5 Å². The highest BCUT2D eigenvalue weighted by molar-refractivity contribution is 6.12. The van der Waals surface area contributed by atoms with E-state index in [2.05, 4.69) is 17.1 Å². The molecule has 0 saturated heterocycles. The number of benzene rings is 3. The fourth-order valence-electron chi connectivity index (χ4n) is 2.91. The number of rotatable bonds is 6. The lowest BCUT2D eigenvalue weighted by molar-refractivity contribution is -0.129. The van der Waals surface area contributed by atoms with Gasteiger partial charge in [-0.3, -0.25) is 0 Å². The molecule has 1 aliphatic heterocycles. The maximum atomic E-state index is 13.1. The van der Waals surface area contributed by atoms with Crippen LogP contribution in [0.2, 0.25) is 0 Å². The molecule has 4 nitrogen and oxygen atoms in total. The molecule has 5 heteroatoms. The Labute approximate surface area is 167 Å². The van der Waals surface area contributed by atoms with Crippen LogP contribution in [-0.4, -0.2) is 18.5 Å². The van der Waals surface area contributed by atoms with Crippen molar-refractivity contribution in [1.29, 1.82) is 0 Å². The summed E-state index contributed by atoms with van der Waals surface area (Å²) in [6.45, 7) is 0.555. The van der Waals surface area contributed by atoms with E-state index < -0.39 is 5.97 Å². The van der Waals surface area contributed by atoms with Crippen LogP contribution in [0, 0.1) is 5.82 Å². The Bertz CT molecular complexity index is 1070. The maximum Gasteiger partial charge on any atom is 0.363 e. The SMILES string of the molecule is O=C1OC(c2ccc(F)cc2)=N/C1=C\c1cccc(OCCc2ccccc2)c1. The molecule has 0 bridgehead atoms. The minimum atomic E-state index is -0.542. The van der Waals surface area contributed by atoms with E-state index in [1.54, 1.807) is 6.08 Å². The zero-order valence-electron chi connectivity index (χ0n) is 15.5. The van der Waals surface area contributed by atoms with Crippen molar-refractivity contribution in [3.8, 4) is 5.75 Å². The molecule has 144 valence electrons. The van der Waals surface area contributed by atoms with Crippen LogP contribution in [0.25, 0.3) is 6.08 Å². The third-order valence-corrected chi connectivity index (χ3v) is 4.38. The van der Waals surface area contributed by atoms with Crippen molar-refractivity contribution in [1.82, 2.24) is 0 Å². The molecule has 1 aliphatic rings. The minimum Gasteiger partial charge on any atom is -0.493 e. The Morgan fingerprint density at radius 3 is 2.55 bits per heavy atom. The van der Waals surface area contributed by atoms with E-state index in [9.17, 15) is 9.18 Å². The van der Waals surface area contributed by atoms with Gasteiger partial charge in [0.1, 0.15) is 11.6 Å². The van der Waals surface area contributed by atoms with E-state index >= 15 is 0 Å². The average Bonchev–Trinajstić information content (AvgIpc) is 3.10. The van der Waals surface area contributed by atoms with E-state index in [-0.39, 0.29) is 17.4 Å². The molecule has 1 heterocycles. The number of esters is 1. The molecule has 0 aliphatic carbocycles. The first-order chi connectivity index (χ1) is 14.2. The predicted molar refractivity (Wildman–Crippen MR) is 109 cm³/mol. The largest absolute Gasteiger partial charge is 0.493 e. The Morgan fingerprint density at radius 2 is 1.76 bits per heavy atom. The molecule has 3 aromatic carbocycles. The molecule has 0 spiro atoms. The number of cyclic esters (lactones) is 1. The van der Waals surface area contributed by atoms with Crippen LogP contribution in [0.5, 0.6) is 5.75 Å². The summed E-state index contributed by atoms with van der Waals surface area (Å²) < 4.78 is 24.1. The van der Waals surface area contributed by atoms with Crippen molar-refractivity contribution in [2.24, 2.45) is 4.99 Å². The van der Waals surface area contributed by atoms with Crippen LogP contribution in [0.15, 0.2) is 89.6 Å². The molecule has 0 radical (unpaired) electrons. The second-order valence-electron chi connectivity index (χ2n) is 6.50. The normalized spacial score (nSPS) is 14.6. The molecule has 0 amide bonds. The fourth-order valence-corrected chi connectivity index (χ4v) is 2.91. The van der Waals surface area contributed by atoms with Gasteiger partial charge in [0.2, 0.25) is 5.90 Å². The molecular formula is C24H18FNO3. The molecule has 0 N–H and O–H groups in total. The van der Waals surface area contributed by atoms with Gasteiger partial charge < -0.3 is 9.47 Å². The van der Waals surface area contributed by atoms with Gasteiger partial charge in [-0.15, -0.1) is 0 Å². The van der Waals surface area contributed by atoms with Gasteiger partial charge in [0.05, 0.1) is 6.61 Å². The highest BCUT2D eigenvalue weighted by atomic mass is 19.1. The number of halogens is 1. The summed E-state index contributed by atoms with van der Waals surface area (Å²) in [6, 6.07) is 23.2. The number of nitrogens with zero attached hydrogens (tertiary/aromatic N) is 1. The lowest BCUT2D eigenvalue weighted by Crippen LogP contribution is -2.05. The van der Waals surface area contributed by atoms with Crippen LogP contribution < -0.4 is 4.74 Å². The third kappa shape index (κ3) is 4.76. The second kappa shape index (κ2) is 8.52. The summed E-state index contributed by atoms with van der Waals surface area (Å²) in [5.41, 5.74) is 2.72. The topological polar surface area (TPSA) is 47.9 Å². The highest BCUT2D eigenvalue weighted by Crippen LogP contribution is 2.21. The number of ether oxygens (including phenoxy) is 2. The predicted octanol–water partition coefficient (Wildman–Crippen LogP) is 4.79. The van der Waals surface area contributed by atoms with Crippen molar-refractivity contribution in [3.63, 3.8) is 0 Å². The van der Waals surface area contributed by atoms with Gasteiger partial charge >= 0.3 is 5.97 Å². The van der Waals surface area contributed by atoms with Gasteiger partial charge in [0.15, 0.2) is 5.70 Å². The molecule has 29 heavy (non-hydrogen) atoms. The Kier molecular flexibility index (Phi) is 5.47. The number of hydrogen-bond acceptors (Lipinski definition) is 4. The van der Waals surface area contributed by atoms with Crippen LogP contribution in [0.3, 0.4) is 0 Å². The van der Waals surface area contributed by atoms with Gasteiger partial charge in [-0.2, -0.15) is 0 Å². The number of hydrogen-bond donors (Lipinski definition) is 0. The molecule has 0 saturated carbocycles. The molecule has 0 fully saturated rings. The number of aliphatic imine (C=N–C) groups is 1. The Morgan fingerprint density at radius 1 is 0.966 bits per heavy atom. The molecule has 3 aromatic rings. The number of carbonyl (C=O) groups excluding carboxylic acids is 1. The Hall–Kier alpha value is -3.73. The first-order valence-electron chi connectivity index (χ1n) is 9.23. The lowest BCUT2D eigenvalue weighted by atomic mass is 10.1. The molecule has 0 atom stereocenters. The van der Waals surface area contributed by atoms with E-state index in [1.165, 1.54) is 29.8 Å². The fraction of sp³-hybridized carbons (Fsp3) is 0.0833. The van der Waals surface area contributed by atoms with E-state index in [0.29, 0.717) is 17.9 Å². The summed E-state index contributed by atoms with van der Waals surface area (Å²) in [6.07, 6.45) is 2.45. The van der Waals surface area contributed by atoms with Gasteiger partial charge in [-0.25, -0.2) is 14.2 Å². The van der Waals surface area contributed by atoms with Gasteiger partial charge in [-0.05, 0) is 53.6 Å². The van der Waals surface area contributed by atoms with E-state index in [0.717, 1.165) is 12.0 Å². The first-order valence-corrected chi connectivity index (χ1v) is 9.23. The zero-order valence-corrected chi connectivity index (χ0v) is 15.5. The molecule has 0 unspecified atom stereocenters. The smallest absolute Gasteiger partial charge is 0.363 e. The minimum absolute atomic E-state index is 0.163. The van der Waals surface area contributed by atoms with E-state index in [4.69, 9.17) is 9.47 Å². The van der Waals surface area contributed by atoms with Crippen molar-refractivity contribution >= 4 is 17.9 Å². The van der Waals surface area contributed by atoms with Crippen LogP contribution >= 0.6 is 0 Å². The summed E-state index contributed by atoms with van der Waals surface area (Å²) in [5.74, 6) is -0.0286. The van der Waals surface area contributed by atoms with Gasteiger partial charge in [-0.1, -0.05) is 42.5 Å². The monoisotopic (exact) mass is 387 g/mol. The first kappa shape index (κ1) is 18.6. The van der Waals surface area contributed by atoms with Crippen molar-refractivity contribution in [2.75, 3.05) is 6.61 Å². The van der Waals surface area contributed by atoms with Crippen molar-refractivity contribution in [3.05, 3.63) is 107 Å². The zero-order chi connectivity index (χ0) is 20.1. The quantitative estimate of drug-likeness (QED) is 0.451. The van der Waals surface area contributed by atoms with Gasteiger partial charge in [0, 0.05) is 12.0 Å². The van der Waals surface area contributed by atoms with Gasteiger partial charge in [0.25, 0.3) is 0 Å².